The second kappa shape index (κ2) is 8.07. The summed E-state index contributed by atoms with van der Waals surface area (Å²) in [6.07, 6.45) is 5.23. The molecule has 28 heavy (non-hydrogen) atoms. The molecule has 0 saturated carbocycles. The molecule has 0 bridgehead atoms. The first-order valence-corrected chi connectivity index (χ1v) is 10.3. The van der Waals surface area contributed by atoms with Gasteiger partial charge in [-0.2, -0.15) is 0 Å². The van der Waals surface area contributed by atoms with E-state index in [4.69, 9.17) is 0 Å². The lowest BCUT2D eigenvalue weighted by atomic mass is 10.2. The van der Waals surface area contributed by atoms with E-state index in [0.717, 1.165) is 26.8 Å². The van der Waals surface area contributed by atoms with Crippen molar-refractivity contribution >= 4 is 34.0 Å². The van der Waals surface area contributed by atoms with Crippen molar-refractivity contribution < 1.29 is 9.18 Å². The third-order valence-electron chi connectivity index (χ3n) is 4.11. The number of thiazole rings is 1. The number of fused-ring (bicyclic) bond motifs is 1. The average molecular weight is 414 g/mol. The number of benzene rings is 1. The Kier molecular flexibility index (Phi) is 5.36. The maximum absolute atomic E-state index is 13.1. The molecule has 1 N–H and O–H groups in total. The van der Waals surface area contributed by atoms with Crippen LogP contribution in [0.3, 0.4) is 0 Å². The number of nitrogens with zero attached hydrogens (tertiary/aromatic N) is 4. The normalized spacial score (nSPS) is 11.1. The lowest BCUT2D eigenvalue weighted by Gasteiger charge is -2.04. The van der Waals surface area contributed by atoms with Gasteiger partial charge in [0.25, 0.3) is 0 Å². The first-order valence-electron chi connectivity index (χ1n) is 8.50. The zero-order valence-corrected chi connectivity index (χ0v) is 16.6. The van der Waals surface area contributed by atoms with Crippen LogP contribution in [-0.2, 0) is 11.3 Å². The van der Waals surface area contributed by atoms with E-state index in [0.29, 0.717) is 11.7 Å². The van der Waals surface area contributed by atoms with E-state index < -0.39 is 0 Å². The molecule has 142 valence electrons. The number of aryl methyl sites for hydroxylation is 1. The molecule has 0 atom stereocenters. The first kappa shape index (κ1) is 18.6. The number of hydrogen-bond acceptors (Lipinski definition) is 6. The molecule has 1 amide bonds. The summed E-state index contributed by atoms with van der Waals surface area (Å²) in [6, 6.07) is 8.02. The van der Waals surface area contributed by atoms with Gasteiger partial charge in [-0.15, -0.1) is 0 Å². The summed E-state index contributed by atoms with van der Waals surface area (Å²) in [7, 11) is 0. The van der Waals surface area contributed by atoms with Gasteiger partial charge in [-0.3, -0.25) is 9.20 Å². The average Bonchev–Trinajstić information content (AvgIpc) is 3.25. The number of imidazole rings is 1. The summed E-state index contributed by atoms with van der Waals surface area (Å²) in [5.41, 5.74) is 2.69. The molecule has 0 saturated heterocycles. The molecule has 3 aromatic heterocycles. The highest BCUT2D eigenvalue weighted by Gasteiger charge is 2.14. The van der Waals surface area contributed by atoms with Crippen LogP contribution in [0, 0.1) is 12.7 Å². The first-order chi connectivity index (χ1) is 13.6. The third-order valence-corrected chi connectivity index (χ3v) is 6.15. The van der Waals surface area contributed by atoms with E-state index in [-0.39, 0.29) is 17.5 Å². The molecule has 0 spiro atoms. The molecule has 0 fully saturated rings. The molecule has 3 heterocycles. The number of hydrogen-bond donors (Lipinski definition) is 1. The summed E-state index contributed by atoms with van der Waals surface area (Å²) in [4.78, 5) is 26.8. The van der Waals surface area contributed by atoms with Gasteiger partial charge in [0.1, 0.15) is 5.82 Å². The van der Waals surface area contributed by atoms with Crippen LogP contribution in [-0.4, -0.2) is 31.0 Å². The predicted molar refractivity (Wildman–Crippen MR) is 108 cm³/mol. The van der Waals surface area contributed by atoms with Crippen LogP contribution in [0.15, 0.2) is 54.1 Å². The summed E-state index contributed by atoms with van der Waals surface area (Å²) >= 11 is 2.83. The highest BCUT2D eigenvalue weighted by Crippen LogP contribution is 2.27. The molecule has 0 unspecified atom stereocenters. The minimum Gasteiger partial charge on any atom is -0.350 e. The predicted octanol–water partition coefficient (Wildman–Crippen LogP) is 3.71. The number of carbonyl (C=O) groups is 1. The van der Waals surface area contributed by atoms with Gasteiger partial charge >= 0.3 is 0 Å². The van der Waals surface area contributed by atoms with Crippen molar-refractivity contribution in [2.45, 2.75) is 18.6 Å². The lowest BCUT2D eigenvalue weighted by Crippen LogP contribution is -2.24. The van der Waals surface area contributed by atoms with Crippen LogP contribution in [0.4, 0.5) is 4.39 Å². The SMILES string of the molecule is Cc1c(CNC(=O)CSc2ncccn2)sc2nc(-c3ccc(F)cc3)cn12. The molecule has 0 aliphatic heterocycles. The molecule has 4 rings (SSSR count). The largest absolute Gasteiger partial charge is 0.350 e. The quantitative estimate of drug-likeness (QED) is 0.385. The summed E-state index contributed by atoms with van der Waals surface area (Å²) in [5, 5.41) is 3.51. The topological polar surface area (TPSA) is 72.2 Å². The number of amides is 1. The fourth-order valence-electron chi connectivity index (χ4n) is 2.64. The fourth-order valence-corrected chi connectivity index (χ4v) is 4.31. The Hall–Kier alpha value is -2.78. The third kappa shape index (κ3) is 4.05. The highest BCUT2D eigenvalue weighted by molar-refractivity contribution is 7.99. The Balaban J connectivity index is 1.40. The van der Waals surface area contributed by atoms with Gasteiger partial charge in [-0.05, 0) is 37.3 Å². The van der Waals surface area contributed by atoms with E-state index in [2.05, 4.69) is 20.3 Å². The van der Waals surface area contributed by atoms with Gasteiger partial charge < -0.3 is 5.32 Å². The van der Waals surface area contributed by atoms with Gasteiger partial charge in [0, 0.05) is 34.7 Å². The standard InChI is InChI=1S/C19H16FN5OS2/c1-12-16(9-23-17(26)11-27-18-21-7-2-8-22-18)28-19-24-15(10-25(12)19)13-3-5-14(20)6-4-13/h2-8,10H,9,11H2,1H3,(H,23,26). The van der Waals surface area contributed by atoms with E-state index >= 15 is 0 Å². The van der Waals surface area contributed by atoms with Crippen LogP contribution < -0.4 is 5.32 Å². The molecular weight excluding hydrogens is 397 g/mol. The van der Waals surface area contributed by atoms with Gasteiger partial charge in [0.2, 0.25) is 5.91 Å². The van der Waals surface area contributed by atoms with Gasteiger partial charge in [-0.25, -0.2) is 19.3 Å². The Morgan fingerprint density at radius 3 is 2.71 bits per heavy atom. The van der Waals surface area contributed by atoms with Crippen molar-refractivity contribution in [2.75, 3.05) is 5.75 Å². The van der Waals surface area contributed by atoms with E-state index in [1.807, 2.05) is 17.5 Å². The monoisotopic (exact) mass is 413 g/mol. The van der Waals surface area contributed by atoms with Crippen LogP contribution in [0.2, 0.25) is 0 Å². The Morgan fingerprint density at radius 1 is 1.25 bits per heavy atom. The molecule has 0 radical (unpaired) electrons. The van der Waals surface area contributed by atoms with Crippen LogP contribution >= 0.6 is 23.1 Å². The van der Waals surface area contributed by atoms with Crippen molar-refractivity contribution in [3.63, 3.8) is 0 Å². The second-order valence-electron chi connectivity index (χ2n) is 5.99. The van der Waals surface area contributed by atoms with Crippen molar-refractivity contribution in [3.8, 4) is 11.3 Å². The second-order valence-corrected chi connectivity index (χ2v) is 8.00. The summed E-state index contributed by atoms with van der Waals surface area (Å²) < 4.78 is 15.1. The maximum atomic E-state index is 13.1. The van der Waals surface area contributed by atoms with E-state index in [1.54, 1.807) is 30.6 Å². The highest BCUT2D eigenvalue weighted by atomic mass is 32.2. The van der Waals surface area contributed by atoms with Crippen LogP contribution in [0.5, 0.6) is 0 Å². The molecule has 6 nitrogen and oxygen atoms in total. The van der Waals surface area contributed by atoms with E-state index in [9.17, 15) is 9.18 Å². The maximum Gasteiger partial charge on any atom is 0.230 e. The number of aromatic nitrogens is 4. The van der Waals surface area contributed by atoms with Crippen molar-refractivity contribution in [3.05, 3.63) is 65.3 Å². The Morgan fingerprint density at radius 2 is 2.00 bits per heavy atom. The van der Waals surface area contributed by atoms with Crippen molar-refractivity contribution in [2.24, 2.45) is 0 Å². The van der Waals surface area contributed by atoms with Gasteiger partial charge in [-0.1, -0.05) is 23.1 Å². The molecule has 9 heteroatoms. The van der Waals surface area contributed by atoms with Gasteiger partial charge in [0.15, 0.2) is 10.1 Å². The van der Waals surface area contributed by atoms with Crippen molar-refractivity contribution in [1.29, 1.82) is 0 Å². The van der Waals surface area contributed by atoms with Crippen LogP contribution in [0.25, 0.3) is 16.2 Å². The summed E-state index contributed by atoms with van der Waals surface area (Å²) in [5.74, 6) is -0.0776. The molecule has 4 aromatic rings. The molecule has 1 aromatic carbocycles. The molecule has 0 aliphatic rings. The number of nitrogens with one attached hydrogen (secondary N) is 1. The van der Waals surface area contributed by atoms with Crippen molar-refractivity contribution in [1.82, 2.24) is 24.7 Å². The molecule has 0 aliphatic carbocycles. The fraction of sp³-hybridized carbons (Fsp3) is 0.158. The number of carbonyl (C=O) groups excluding carboxylic acids is 1. The van der Waals surface area contributed by atoms with E-state index in [1.165, 1.54) is 35.2 Å². The summed E-state index contributed by atoms with van der Waals surface area (Å²) in [6.45, 7) is 2.44. The lowest BCUT2D eigenvalue weighted by molar-refractivity contribution is -0.118. The number of halogens is 1. The minimum atomic E-state index is -0.268. The minimum absolute atomic E-state index is 0.0742. The smallest absolute Gasteiger partial charge is 0.230 e. The number of rotatable bonds is 6. The molecular formula is C19H16FN5OS2. The zero-order valence-electron chi connectivity index (χ0n) is 14.9. The Labute approximate surface area is 168 Å². The Bertz CT molecular complexity index is 1110. The zero-order chi connectivity index (χ0) is 19.5. The van der Waals surface area contributed by atoms with Gasteiger partial charge in [0.05, 0.1) is 18.0 Å². The number of thioether (sulfide) groups is 1. The van der Waals surface area contributed by atoms with Crippen LogP contribution in [0.1, 0.15) is 10.6 Å².